The first-order valence-corrected chi connectivity index (χ1v) is 16.4. The molecule has 14 nitrogen and oxygen atoms in total. The summed E-state index contributed by atoms with van der Waals surface area (Å²) in [6, 6.07) is 7.49. The first kappa shape index (κ1) is 32.7. The summed E-state index contributed by atoms with van der Waals surface area (Å²) in [5, 5.41) is 15.1. The smallest absolute Gasteiger partial charge is 0.326 e. The maximum atomic E-state index is 14.1. The van der Waals surface area contributed by atoms with Gasteiger partial charge >= 0.3 is 5.97 Å². The number of carboxylic acids is 1. The van der Waals surface area contributed by atoms with E-state index >= 15 is 0 Å². The maximum absolute atomic E-state index is 14.1. The van der Waals surface area contributed by atoms with Crippen LogP contribution in [0, 0.1) is 11.8 Å². The van der Waals surface area contributed by atoms with Crippen LogP contribution in [0.25, 0.3) is 22.1 Å². The number of carboxylic acid groups (broad SMARTS) is 1. The van der Waals surface area contributed by atoms with Gasteiger partial charge in [-0.3, -0.25) is 4.68 Å². The summed E-state index contributed by atoms with van der Waals surface area (Å²) in [4.78, 5) is 29.1. The van der Waals surface area contributed by atoms with Crippen LogP contribution in [0.5, 0.6) is 11.8 Å². The molecule has 0 radical (unpaired) electrons. The number of alkyl halides is 2. The zero-order valence-electron chi connectivity index (χ0n) is 27.9. The van der Waals surface area contributed by atoms with Gasteiger partial charge in [0.05, 0.1) is 39.5 Å². The van der Waals surface area contributed by atoms with E-state index in [1.807, 2.05) is 6.07 Å². The predicted molar refractivity (Wildman–Crippen MR) is 178 cm³/mol. The fourth-order valence-electron chi connectivity index (χ4n) is 6.95. The van der Waals surface area contributed by atoms with E-state index in [4.69, 9.17) is 23.4 Å². The van der Waals surface area contributed by atoms with Crippen molar-refractivity contribution in [3.63, 3.8) is 0 Å². The lowest BCUT2D eigenvalue weighted by Gasteiger charge is -2.53. The van der Waals surface area contributed by atoms with Crippen LogP contribution in [-0.4, -0.2) is 99.6 Å². The molecule has 7 heterocycles. The van der Waals surface area contributed by atoms with E-state index in [2.05, 4.69) is 43.7 Å². The minimum atomic E-state index is -2.99. The Morgan fingerprint density at radius 3 is 2.73 bits per heavy atom. The normalized spacial score (nSPS) is 21.3. The Kier molecular flexibility index (Phi) is 8.11. The van der Waals surface area contributed by atoms with Crippen LogP contribution in [-0.2, 0) is 21.3 Å². The number of benzene rings is 1. The zero-order chi connectivity index (χ0) is 35.4. The lowest BCUT2D eigenvalue weighted by atomic mass is 9.90. The number of aliphatic carboxylic acids is 1. The fraction of sp³-hybridized carbons (Fsp3) is 0.400. The third kappa shape index (κ3) is 5.71. The zero-order valence-corrected chi connectivity index (χ0v) is 27.9. The molecule has 3 saturated heterocycles. The minimum absolute atomic E-state index is 0.00270. The van der Waals surface area contributed by atoms with E-state index in [0.717, 1.165) is 0 Å². The van der Waals surface area contributed by atoms with Crippen LogP contribution in [0.2, 0.25) is 0 Å². The third-order valence-electron chi connectivity index (χ3n) is 9.63. The van der Waals surface area contributed by atoms with Crippen molar-refractivity contribution < 1.29 is 42.0 Å². The molecule has 0 saturated carbocycles. The number of hydrogen-bond donors (Lipinski definition) is 1. The highest BCUT2D eigenvalue weighted by molar-refractivity contribution is 6.06. The van der Waals surface area contributed by atoms with Gasteiger partial charge in [-0.1, -0.05) is 24.0 Å². The molecule has 4 aromatic heterocycles. The number of fused-ring (bicyclic) bond motifs is 3. The van der Waals surface area contributed by atoms with E-state index in [-0.39, 0.29) is 41.8 Å². The summed E-state index contributed by atoms with van der Waals surface area (Å²) in [5.74, 6) is 4.99. The Morgan fingerprint density at radius 2 is 1.98 bits per heavy atom. The lowest BCUT2D eigenvalue weighted by molar-refractivity contribution is -0.228. The largest absolute Gasteiger partial charge is 0.480 e. The Hall–Kier alpha value is -5.53. The highest BCUT2D eigenvalue weighted by Gasteiger charge is 2.50. The number of carbonyl (C=O) groups is 1. The van der Waals surface area contributed by atoms with Gasteiger partial charge in [-0.2, -0.15) is 0 Å². The summed E-state index contributed by atoms with van der Waals surface area (Å²) in [5.41, 5.74) is 2.08. The van der Waals surface area contributed by atoms with Gasteiger partial charge in [0.2, 0.25) is 11.8 Å². The third-order valence-corrected chi connectivity index (χ3v) is 9.63. The summed E-state index contributed by atoms with van der Waals surface area (Å²) in [7, 11) is 3.31. The van der Waals surface area contributed by atoms with Crippen LogP contribution in [0.15, 0.2) is 47.1 Å². The van der Waals surface area contributed by atoms with E-state index in [9.17, 15) is 18.7 Å². The molecule has 264 valence electrons. The Bertz CT molecular complexity index is 2210. The van der Waals surface area contributed by atoms with Crippen molar-refractivity contribution in [3.05, 3.63) is 59.7 Å². The van der Waals surface area contributed by atoms with Crippen LogP contribution in [0.4, 0.5) is 20.3 Å². The molecule has 1 aromatic carbocycles. The Morgan fingerprint density at radius 1 is 1.16 bits per heavy atom. The molecule has 3 fully saturated rings. The van der Waals surface area contributed by atoms with Crippen LogP contribution in [0.1, 0.15) is 36.7 Å². The number of para-hydroxylation sites is 1. The van der Waals surface area contributed by atoms with Gasteiger partial charge in [0.1, 0.15) is 40.1 Å². The number of furan rings is 1. The molecule has 8 rings (SSSR count). The number of methoxy groups -OCH3 is 1. The standard InChI is InChI=1S/C35H33F2N7O7/c1-19-35(17-48-18-35)49-11-10-43(19)24-12-20(8-9-21-15-42(2)41-32(21)47-3)14-38-33(24)50-22-13-25(34(45)46)44(16-22)31-28-27(39-30(40-31)29(36)37)23-6-4-5-7-26(23)51-28/h4-7,12,14-15,19,22,25,29H,10-11,13,16-18H2,1-3H3,(H,45,46)/t19-,22-,25-/m0/s1. The first-order chi connectivity index (χ1) is 24.6. The lowest BCUT2D eigenvalue weighted by Crippen LogP contribution is -2.68. The predicted octanol–water partition coefficient (Wildman–Crippen LogP) is 3.96. The van der Waals surface area contributed by atoms with E-state index in [0.29, 0.717) is 60.0 Å². The number of ether oxygens (including phenoxy) is 4. The van der Waals surface area contributed by atoms with Crippen molar-refractivity contribution in [1.29, 1.82) is 0 Å². The first-order valence-electron chi connectivity index (χ1n) is 16.4. The van der Waals surface area contributed by atoms with Gasteiger partial charge in [-0.25, -0.2) is 28.5 Å². The molecule has 51 heavy (non-hydrogen) atoms. The Labute approximate surface area is 289 Å². The number of rotatable bonds is 7. The number of aryl methyl sites for hydroxylation is 1. The number of nitrogens with zero attached hydrogens (tertiary/aromatic N) is 7. The molecule has 0 amide bonds. The van der Waals surface area contributed by atoms with Crippen LogP contribution < -0.4 is 19.3 Å². The minimum Gasteiger partial charge on any atom is -0.480 e. The number of morpholine rings is 1. The molecule has 3 atom stereocenters. The average Bonchev–Trinajstić information content (AvgIpc) is 3.81. The van der Waals surface area contributed by atoms with Crippen molar-refractivity contribution in [2.75, 3.05) is 49.8 Å². The second-order valence-corrected chi connectivity index (χ2v) is 12.8. The van der Waals surface area contributed by atoms with E-state index < -0.39 is 36.0 Å². The molecule has 0 aliphatic carbocycles. The van der Waals surface area contributed by atoms with Crippen molar-refractivity contribution in [2.45, 2.75) is 43.6 Å². The second-order valence-electron chi connectivity index (χ2n) is 12.8. The number of pyridine rings is 1. The van der Waals surface area contributed by atoms with Crippen LogP contribution in [0.3, 0.4) is 0 Å². The van der Waals surface area contributed by atoms with Crippen molar-refractivity contribution in [3.8, 4) is 23.6 Å². The van der Waals surface area contributed by atoms with Crippen LogP contribution >= 0.6 is 0 Å². The van der Waals surface area contributed by atoms with E-state index in [1.165, 1.54) is 12.0 Å². The molecule has 1 spiro atoms. The average molecular weight is 702 g/mol. The second kappa shape index (κ2) is 12.7. The molecule has 5 aromatic rings. The summed E-state index contributed by atoms with van der Waals surface area (Å²) < 4.78 is 59.4. The summed E-state index contributed by atoms with van der Waals surface area (Å²) >= 11 is 0. The number of aromatic nitrogens is 5. The molecule has 16 heteroatoms. The monoisotopic (exact) mass is 701 g/mol. The highest BCUT2D eigenvalue weighted by atomic mass is 19.3. The number of hydrogen-bond acceptors (Lipinski definition) is 12. The van der Waals surface area contributed by atoms with Gasteiger partial charge in [-0.15, -0.1) is 5.10 Å². The quantitative estimate of drug-likeness (QED) is 0.244. The molecular weight excluding hydrogens is 668 g/mol. The molecule has 3 aliphatic heterocycles. The molecule has 0 unspecified atom stereocenters. The van der Waals surface area contributed by atoms with Gasteiger partial charge in [-0.05, 0) is 25.1 Å². The van der Waals surface area contributed by atoms with Crippen molar-refractivity contribution in [2.24, 2.45) is 7.05 Å². The van der Waals surface area contributed by atoms with Gasteiger partial charge in [0, 0.05) is 43.4 Å². The Balaban J connectivity index is 1.16. The molecule has 1 N–H and O–H groups in total. The van der Waals surface area contributed by atoms with Crippen molar-refractivity contribution in [1.82, 2.24) is 24.7 Å². The van der Waals surface area contributed by atoms with Gasteiger partial charge < -0.3 is 38.3 Å². The highest BCUT2D eigenvalue weighted by Crippen LogP contribution is 2.41. The summed E-state index contributed by atoms with van der Waals surface area (Å²) in [6.07, 6.45) is -0.345. The topological polar surface area (TPSA) is 150 Å². The van der Waals surface area contributed by atoms with Gasteiger partial charge in [0.25, 0.3) is 6.43 Å². The molecule has 0 bridgehead atoms. The SMILES string of the molecule is COc1nn(C)cc1C#Cc1cnc(O[C@H]2C[C@@H](C(=O)O)N(c3nc(C(F)F)nc4c3oc3ccccc34)C2)c(N2CCOC3(COC3)[C@@H]2C)c1. The van der Waals surface area contributed by atoms with E-state index in [1.54, 1.807) is 48.4 Å². The van der Waals surface area contributed by atoms with Gasteiger partial charge in [0.15, 0.2) is 17.2 Å². The number of anilines is 2. The fourth-order valence-corrected chi connectivity index (χ4v) is 6.95. The molecule has 3 aliphatic rings. The maximum Gasteiger partial charge on any atom is 0.326 e. The molecular formula is C35H33F2N7O7. The number of halogens is 2. The van der Waals surface area contributed by atoms with Crippen molar-refractivity contribution >= 4 is 39.5 Å². The summed E-state index contributed by atoms with van der Waals surface area (Å²) in [6.45, 7) is 3.93.